The van der Waals surface area contributed by atoms with Crippen LogP contribution in [0.5, 0.6) is 5.75 Å². The fourth-order valence-corrected chi connectivity index (χ4v) is 4.27. The predicted octanol–water partition coefficient (Wildman–Crippen LogP) is 3.45. The normalized spacial score (nSPS) is 13.7. The van der Waals surface area contributed by atoms with Crippen LogP contribution in [0.1, 0.15) is 0 Å². The second-order valence-corrected chi connectivity index (χ2v) is 8.40. The van der Waals surface area contributed by atoms with Crippen LogP contribution in [-0.2, 0) is 0 Å². The molecule has 0 radical (unpaired) electrons. The molecule has 6 rings (SSSR count). The molecule has 180 valence electrons. The van der Waals surface area contributed by atoms with Gasteiger partial charge in [-0.25, -0.2) is 9.97 Å². The van der Waals surface area contributed by atoms with Crippen molar-refractivity contribution in [2.75, 3.05) is 43.1 Å². The quantitative estimate of drug-likeness (QED) is 0.395. The SMILES string of the molecule is COc1ccc(-n2nc(-c3nc(-c4ccccc4)n[nH]3)c(N3CCN(c4ccccn4)CC3)n2)cc1. The summed E-state index contributed by atoms with van der Waals surface area (Å²) in [6.45, 7) is 3.23. The molecule has 0 atom stereocenters. The summed E-state index contributed by atoms with van der Waals surface area (Å²) in [5.74, 6) is 3.73. The van der Waals surface area contributed by atoms with E-state index in [9.17, 15) is 0 Å². The molecule has 5 aromatic rings. The maximum atomic E-state index is 5.30. The second-order valence-electron chi connectivity index (χ2n) is 8.40. The van der Waals surface area contributed by atoms with E-state index >= 15 is 0 Å². The lowest BCUT2D eigenvalue weighted by Crippen LogP contribution is -2.47. The van der Waals surface area contributed by atoms with Crippen LogP contribution in [0.25, 0.3) is 28.6 Å². The van der Waals surface area contributed by atoms with Crippen molar-refractivity contribution in [3.05, 3.63) is 79.0 Å². The van der Waals surface area contributed by atoms with E-state index in [0.717, 1.165) is 54.8 Å². The van der Waals surface area contributed by atoms with Gasteiger partial charge in [-0.2, -0.15) is 5.10 Å². The molecular weight excluding hydrogens is 454 g/mol. The molecule has 0 unspecified atom stereocenters. The van der Waals surface area contributed by atoms with Crippen LogP contribution < -0.4 is 14.5 Å². The Bertz CT molecular complexity index is 1420. The number of ether oxygens (including phenoxy) is 1. The number of aromatic amines is 1. The highest BCUT2D eigenvalue weighted by Crippen LogP contribution is 2.29. The summed E-state index contributed by atoms with van der Waals surface area (Å²) in [6.07, 6.45) is 1.83. The smallest absolute Gasteiger partial charge is 0.183 e. The molecule has 36 heavy (non-hydrogen) atoms. The van der Waals surface area contributed by atoms with Crippen LogP contribution in [0.4, 0.5) is 11.6 Å². The molecule has 1 aliphatic heterocycles. The number of H-pyrrole nitrogens is 1. The number of nitrogens with one attached hydrogen (secondary N) is 1. The molecule has 0 saturated carbocycles. The van der Waals surface area contributed by atoms with Gasteiger partial charge in [0.05, 0.1) is 12.8 Å². The minimum Gasteiger partial charge on any atom is -0.497 e. The lowest BCUT2D eigenvalue weighted by Gasteiger charge is -2.35. The third-order valence-corrected chi connectivity index (χ3v) is 6.19. The van der Waals surface area contributed by atoms with Gasteiger partial charge in [0.1, 0.15) is 11.6 Å². The monoisotopic (exact) mass is 479 g/mol. The van der Waals surface area contributed by atoms with E-state index in [1.54, 1.807) is 11.9 Å². The van der Waals surface area contributed by atoms with Crippen LogP contribution >= 0.6 is 0 Å². The van der Waals surface area contributed by atoms with Gasteiger partial charge in [-0.3, -0.25) is 5.10 Å². The first-order valence-electron chi connectivity index (χ1n) is 11.8. The number of benzene rings is 2. The standard InChI is InChI=1S/C26H25N9O/c1-36-21-12-10-20(11-13-21)35-31-23(25-28-24(29-30-25)19-7-3-2-4-8-19)26(32-35)34-17-15-33(16-18-34)22-9-5-6-14-27-22/h2-14H,15-18H2,1H3,(H,28,29,30). The number of pyridine rings is 1. The van der Waals surface area contributed by atoms with Crippen molar-refractivity contribution in [3.63, 3.8) is 0 Å². The first-order chi connectivity index (χ1) is 17.8. The van der Waals surface area contributed by atoms with E-state index in [-0.39, 0.29) is 0 Å². The van der Waals surface area contributed by atoms with Crippen LogP contribution in [0.15, 0.2) is 79.0 Å². The summed E-state index contributed by atoms with van der Waals surface area (Å²) < 4.78 is 5.30. The topological polar surface area (TPSA) is 101 Å². The van der Waals surface area contributed by atoms with Gasteiger partial charge in [0.25, 0.3) is 0 Å². The van der Waals surface area contributed by atoms with Gasteiger partial charge < -0.3 is 14.5 Å². The highest BCUT2D eigenvalue weighted by Gasteiger charge is 2.26. The summed E-state index contributed by atoms with van der Waals surface area (Å²) in [7, 11) is 1.65. The van der Waals surface area contributed by atoms with E-state index in [1.165, 1.54) is 0 Å². The Hall–Kier alpha value is -4.73. The fourth-order valence-electron chi connectivity index (χ4n) is 4.27. The summed E-state index contributed by atoms with van der Waals surface area (Å²) in [5.41, 5.74) is 2.43. The van der Waals surface area contributed by atoms with E-state index in [4.69, 9.17) is 19.9 Å². The van der Waals surface area contributed by atoms with E-state index in [2.05, 4.69) is 25.0 Å². The molecule has 10 heteroatoms. The summed E-state index contributed by atoms with van der Waals surface area (Å²) >= 11 is 0. The van der Waals surface area contributed by atoms with Gasteiger partial charge >= 0.3 is 0 Å². The Morgan fingerprint density at radius 2 is 1.56 bits per heavy atom. The number of rotatable bonds is 6. The first kappa shape index (κ1) is 21.8. The summed E-state index contributed by atoms with van der Waals surface area (Å²) in [5, 5.41) is 17.2. The summed E-state index contributed by atoms with van der Waals surface area (Å²) in [6, 6.07) is 23.5. The minimum absolute atomic E-state index is 0.579. The number of methoxy groups -OCH3 is 1. The van der Waals surface area contributed by atoms with Crippen LogP contribution in [0, 0.1) is 0 Å². The molecule has 1 saturated heterocycles. The molecule has 10 nitrogen and oxygen atoms in total. The molecule has 4 heterocycles. The highest BCUT2D eigenvalue weighted by atomic mass is 16.5. The van der Waals surface area contributed by atoms with Crippen LogP contribution in [0.2, 0.25) is 0 Å². The Morgan fingerprint density at radius 1 is 0.806 bits per heavy atom. The highest BCUT2D eigenvalue weighted by molar-refractivity contribution is 5.69. The molecule has 0 bridgehead atoms. The number of piperazine rings is 1. The van der Waals surface area contributed by atoms with Crippen molar-refractivity contribution in [2.24, 2.45) is 0 Å². The predicted molar refractivity (Wildman–Crippen MR) is 137 cm³/mol. The molecule has 2 aromatic carbocycles. The van der Waals surface area contributed by atoms with Crippen LogP contribution in [0.3, 0.4) is 0 Å². The average Bonchev–Trinajstić information content (AvgIpc) is 3.62. The number of hydrogen-bond donors (Lipinski definition) is 1. The van der Waals surface area contributed by atoms with Crippen molar-refractivity contribution < 1.29 is 4.74 Å². The van der Waals surface area contributed by atoms with E-state index in [0.29, 0.717) is 17.3 Å². The maximum absolute atomic E-state index is 5.30. The lowest BCUT2D eigenvalue weighted by atomic mass is 10.2. The van der Waals surface area contributed by atoms with Gasteiger partial charge in [0.2, 0.25) is 0 Å². The van der Waals surface area contributed by atoms with Gasteiger partial charge in [0, 0.05) is 37.9 Å². The lowest BCUT2D eigenvalue weighted by molar-refractivity contribution is 0.414. The van der Waals surface area contributed by atoms with Crippen molar-refractivity contribution in [1.29, 1.82) is 0 Å². The number of hydrogen-bond acceptors (Lipinski definition) is 8. The average molecular weight is 480 g/mol. The van der Waals surface area contributed by atoms with Gasteiger partial charge in [-0.05, 0) is 36.4 Å². The number of nitrogens with zero attached hydrogens (tertiary/aromatic N) is 8. The molecule has 0 amide bonds. The van der Waals surface area contributed by atoms with E-state index < -0.39 is 0 Å². The molecule has 1 fully saturated rings. The van der Waals surface area contributed by atoms with Crippen LogP contribution in [-0.4, -0.2) is 68.4 Å². The molecule has 3 aromatic heterocycles. The minimum atomic E-state index is 0.579. The summed E-state index contributed by atoms with van der Waals surface area (Å²) in [4.78, 5) is 15.4. The third-order valence-electron chi connectivity index (χ3n) is 6.19. The Kier molecular flexibility index (Phi) is 5.74. The Balaban J connectivity index is 1.33. The molecule has 0 spiro atoms. The molecule has 0 aliphatic carbocycles. The van der Waals surface area contributed by atoms with E-state index in [1.807, 2.05) is 79.0 Å². The van der Waals surface area contributed by atoms with Crippen molar-refractivity contribution in [2.45, 2.75) is 0 Å². The first-order valence-corrected chi connectivity index (χ1v) is 11.8. The number of anilines is 2. The maximum Gasteiger partial charge on any atom is 0.183 e. The number of aromatic nitrogens is 7. The third kappa shape index (κ3) is 4.24. The zero-order valence-electron chi connectivity index (χ0n) is 19.8. The fraction of sp³-hybridized carbons (Fsp3) is 0.192. The zero-order chi connectivity index (χ0) is 24.3. The zero-order valence-corrected chi connectivity index (χ0v) is 19.8. The molecule has 1 N–H and O–H groups in total. The van der Waals surface area contributed by atoms with Gasteiger partial charge in [0.15, 0.2) is 23.2 Å². The van der Waals surface area contributed by atoms with Crippen molar-refractivity contribution >= 4 is 11.6 Å². The van der Waals surface area contributed by atoms with Gasteiger partial charge in [-0.15, -0.1) is 15.0 Å². The molecule has 1 aliphatic rings. The molecular formula is C26H25N9O. The van der Waals surface area contributed by atoms with Crippen molar-refractivity contribution in [3.8, 4) is 34.3 Å². The largest absolute Gasteiger partial charge is 0.497 e. The van der Waals surface area contributed by atoms with Gasteiger partial charge in [-0.1, -0.05) is 36.4 Å². The second kappa shape index (κ2) is 9.49. The Morgan fingerprint density at radius 3 is 2.28 bits per heavy atom. The Labute approximate surface area is 208 Å². The van der Waals surface area contributed by atoms with Crippen molar-refractivity contribution in [1.82, 2.24) is 35.2 Å².